The lowest BCUT2D eigenvalue weighted by Crippen LogP contribution is -2.21. The minimum absolute atomic E-state index is 0.0464. The summed E-state index contributed by atoms with van der Waals surface area (Å²) in [5.41, 5.74) is 0.612. The number of hydrogen-bond acceptors (Lipinski definition) is 6. The molecule has 0 amide bonds. The predicted molar refractivity (Wildman–Crippen MR) is 71.2 cm³/mol. The molecule has 0 aliphatic carbocycles. The lowest BCUT2D eigenvalue weighted by Gasteiger charge is -2.00. The SMILES string of the molecule is O=C(c1ccc(-c2nc(-c3cccnc3)no2)s1)C(F)(F)F. The third-order valence-electron chi connectivity index (χ3n) is 2.64. The maximum Gasteiger partial charge on any atom is 0.455 e. The van der Waals surface area contributed by atoms with E-state index in [4.69, 9.17) is 4.52 Å². The van der Waals surface area contributed by atoms with E-state index in [0.717, 1.165) is 6.07 Å². The van der Waals surface area contributed by atoms with Crippen LogP contribution in [-0.4, -0.2) is 27.1 Å². The fourth-order valence-electron chi connectivity index (χ4n) is 1.65. The summed E-state index contributed by atoms with van der Waals surface area (Å²) in [6, 6.07) is 5.83. The highest BCUT2D eigenvalue weighted by Crippen LogP contribution is 2.32. The molecule has 0 radical (unpaired) electrons. The number of nitrogens with zero attached hydrogens (tertiary/aromatic N) is 3. The molecule has 3 aromatic heterocycles. The summed E-state index contributed by atoms with van der Waals surface area (Å²) in [4.78, 5) is 19.0. The van der Waals surface area contributed by atoms with Crippen LogP contribution in [0.4, 0.5) is 13.2 Å². The van der Waals surface area contributed by atoms with Crippen molar-refractivity contribution in [3.8, 4) is 22.2 Å². The van der Waals surface area contributed by atoms with Gasteiger partial charge in [-0.2, -0.15) is 18.2 Å². The smallest absolute Gasteiger partial charge is 0.333 e. The van der Waals surface area contributed by atoms with Crippen LogP contribution in [0.2, 0.25) is 0 Å². The number of rotatable bonds is 3. The Morgan fingerprint density at radius 1 is 1.23 bits per heavy atom. The van der Waals surface area contributed by atoms with Gasteiger partial charge in [-0.25, -0.2) is 0 Å². The molecule has 22 heavy (non-hydrogen) atoms. The van der Waals surface area contributed by atoms with Gasteiger partial charge in [-0.15, -0.1) is 11.3 Å². The number of ketones is 1. The molecule has 0 saturated carbocycles. The zero-order chi connectivity index (χ0) is 15.7. The summed E-state index contributed by atoms with van der Waals surface area (Å²) < 4.78 is 42.1. The van der Waals surface area contributed by atoms with Crippen molar-refractivity contribution < 1.29 is 22.5 Å². The Balaban J connectivity index is 1.89. The van der Waals surface area contributed by atoms with E-state index in [-0.39, 0.29) is 16.6 Å². The number of pyridine rings is 1. The molecule has 0 aliphatic heterocycles. The van der Waals surface area contributed by atoms with Crippen LogP contribution in [0.3, 0.4) is 0 Å². The van der Waals surface area contributed by atoms with Gasteiger partial charge in [0.15, 0.2) is 0 Å². The van der Waals surface area contributed by atoms with E-state index in [9.17, 15) is 18.0 Å². The molecule has 0 aliphatic rings. The van der Waals surface area contributed by atoms with E-state index < -0.39 is 16.8 Å². The number of alkyl halides is 3. The number of carbonyl (C=O) groups excluding carboxylic acids is 1. The second-order valence-corrected chi connectivity index (χ2v) is 5.24. The molecular weight excluding hydrogens is 319 g/mol. The third kappa shape index (κ3) is 2.75. The van der Waals surface area contributed by atoms with Gasteiger partial charge in [0.2, 0.25) is 5.82 Å². The van der Waals surface area contributed by atoms with Gasteiger partial charge in [0.1, 0.15) is 0 Å². The predicted octanol–water partition coefficient (Wildman–Crippen LogP) is 3.61. The number of aromatic nitrogens is 3. The van der Waals surface area contributed by atoms with Gasteiger partial charge in [0, 0.05) is 18.0 Å². The molecule has 0 saturated heterocycles. The van der Waals surface area contributed by atoms with E-state index in [0.29, 0.717) is 16.9 Å². The minimum Gasteiger partial charge on any atom is -0.333 e. The zero-order valence-electron chi connectivity index (χ0n) is 10.7. The molecule has 0 spiro atoms. The third-order valence-corrected chi connectivity index (χ3v) is 3.72. The molecule has 0 fully saturated rings. The van der Waals surface area contributed by atoms with Crippen molar-refractivity contribution >= 4 is 17.1 Å². The van der Waals surface area contributed by atoms with Gasteiger partial charge < -0.3 is 4.52 Å². The van der Waals surface area contributed by atoms with E-state index in [2.05, 4.69) is 15.1 Å². The molecule has 3 heterocycles. The van der Waals surface area contributed by atoms with Gasteiger partial charge in [-0.3, -0.25) is 9.78 Å². The second kappa shape index (κ2) is 5.34. The van der Waals surface area contributed by atoms with Gasteiger partial charge in [-0.05, 0) is 24.3 Å². The Bertz CT molecular complexity index is 811. The lowest BCUT2D eigenvalue weighted by atomic mass is 10.3. The summed E-state index contributed by atoms with van der Waals surface area (Å²) in [7, 11) is 0. The Morgan fingerprint density at radius 3 is 2.73 bits per heavy atom. The van der Waals surface area contributed by atoms with Crippen molar-refractivity contribution in [1.29, 1.82) is 0 Å². The average molecular weight is 325 g/mol. The molecule has 0 aromatic carbocycles. The summed E-state index contributed by atoms with van der Waals surface area (Å²) >= 11 is 0.648. The zero-order valence-corrected chi connectivity index (χ0v) is 11.5. The summed E-state index contributed by atoms with van der Waals surface area (Å²) in [5, 5.41) is 3.74. The first kappa shape index (κ1) is 14.4. The van der Waals surface area contributed by atoms with Crippen LogP contribution >= 0.6 is 11.3 Å². The van der Waals surface area contributed by atoms with Gasteiger partial charge in [0.05, 0.1) is 9.75 Å². The molecule has 5 nitrogen and oxygen atoms in total. The first-order valence-electron chi connectivity index (χ1n) is 5.91. The molecule has 0 unspecified atom stereocenters. The van der Waals surface area contributed by atoms with Crippen LogP contribution in [0.25, 0.3) is 22.2 Å². The molecule has 3 aromatic rings. The van der Waals surface area contributed by atoms with E-state index in [1.54, 1.807) is 18.3 Å². The average Bonchev–Trinajstić information content (AvgIpc) is 3.15. The standard InChI is InChI=1S/C13H6F3N3O2S/c14-13(15,16)10(20)8-3-4-9(22-8)12-18-11(19-21-12)7-2-1-5-17-6-7/h1-6H. The second-order valence-electron chi connectivity index (χ2n) is 4.16. The van der Waals surface area contributed by atoms with Gasteiger partial charge >= 0.3 is 6.18 Å². The highest BCUT2D eigenvalue weighted by atomic mass is 32.1. The van der Waals surface area contributed by atoms with E-state index >= 15 is 0 Å². The number of carbonyl (C=O) groups is 1. The first-order chi connectivity index (χ1) is 10.4. The van der Waals surface area contributed by atoms with Gasteiger partial charge in [-0.1, -0.05) is 5.16 Å². The van der Waals surface area contributed by atoms with Crippen LogP contribution in [0, 0.1) is 0 Å². The Labute approximate surface area is 125 Å². The van der Waals surface area contributed by atoms with Crippen LogP contribution < -0.4 is 0 Å². The van der Waals surface area contributed by atoms with Crippen LogP contribution in [0.1, 0.15) is 9.67 Å². The van der Waals surface area contributed by atoms with E-state index in [1.807, 2.05) is 0 Å². The van der Waals surface area contributed by atoms with Crippen LogP contribution in [0.5, 0.6) is 0 Å². The molecule has 3 rings (SSSR count). The fraction of sp³-hybridized carbons (Fsp3) is 0.0769. The molecule has 112 valence electrons. The number of Topliss-reactive ketones (excluding diaryl/α,β-unsaturated/α-hetero) is 1. The van der Waals surface area contributed by atoms with E-state index in [1.165, 1.54) is 12.3 Å². The monoisotopic (exact) mass is 325 g/mol. The summed E-state index contributed by atoms with van der Waals surface area (Å²) in [6.45, 7) is 0. The van der Waals surface area contributed by atoms with Crippen molar-refractivity contribution in [2.24, 2.45) is 0 Å². The van der Waals surface area contributed by atoms with Crippen LogP contribution in [-0.2, 0) is 0 Å². The number of halogens is 3. The molecule has 0 bridgehead atoms. The van der Waals surface area contributed by atoms with Gasteiger partial charge in [0.25, 0.3) is 11.7 Å². The normalized spacial score (nSPS) is 11.6. The molecule has 0 atom stereocenters. The largest absolute Gasteiger partial charge is 0.455 e. The Kier molecular flexibility index (Phi) is 3.49. The van der Waals surface area contributed by atoms with Crippen molar-refractivity contribution in [1.82, 2.24) is 15.1 Å². The topological polar surface area (TPSA) is 68.9 Å². The maximum absolute atomic E-state index is 12.4. The van der Waals surface area contributed by atoms with Crippen molar-refractivity contribution in [3.63, 3.8) is 0 Å². The van der Waals surface area contributed by atoms with Crippen molar-refractivity contribution in [2.45, 2.75) is 6.18 Å². The molecule has 9 heteroatoms. The lowest BCUT2D eigenvalue weighted by molar-refractivity contribution is -0.0882. The first-order valence-corrected chi connectivity index (χ1v) is 6.72. The van der Waals surface area contributed by atoms with Crippen LogP contribution in [0.15, 0.2) is 41.2 Å². The molecular formula is C13H6F3N3O2S. The highest BCUT2D eigenvalue weighted by Gasteiger charge is 2.40. The highest BCUT2D eigenvalue weighted by molar-refractivity contribution is 7.17. The van der Waals surface area contributed by atoms with Crippen molar-refractivity contribution in [3.05, 3.63) is 41.5 Å². The summed E-state index contributed by atoms with van der Waals surface area (Å²) in [5.74, 6) is -1.58. The molecule has 0 N–H and O–H groups in total. The number of thiophene rings is 1. The quantitative estimate of drug-likeness (QED) is 0.688. The van der Waals surface area contributed by atoms with Crippen molar-refractivity contribution in [2.75, 3.05) is 0 Å². The minimum atomic E-state index is -4.90. The summed E-state index contributed by atoms with van der Waals surface area (Å²) in [6.07, 6.45) is -1.79. The fourth-order valence-corrected chi connectivity index (χ4v) is 2.54. The maximum atomic E-state index is 12.4. The Morgan fingerprint density at radius 2 is 2.05 bits per heavy atom. The number of hydrogen-bond donors (Lipinski definition) is 0. The Hall–Kier alpha value is -2.55.